The second-order valence-electron chi connectivity index (χ2n) is 10.1. The van der Waals surface area contributed by atoms with Crippen LogP contribution in [0.15, 0.2) is 67.1 Å². The Morgan fingerprint density at radius 1 is 0.923 bits per heavy atom. The van der Waals surface area contributed by atoms with Gasteiger partial charge in [0.05, 0.1) is 5.56 Å². The lowest BCUT2D eigenvalue weighted by atomic mass is 10.0. The van der Waals surface area contributed by atoms with Crippen molar-refractivity contribution < 1.29 is 22.7 Å². The van der Waals surface area contributed by atoms with E-state index in [4.69, 9.17) is 4.74 Å². The lowest BCUT2D eigenvalue weighted by Crippen LogP contribution is -2.44. The highest BCUT2D eigenvalue weighted by Crippen LogP contribution is 2.31. The van der Waals surface area contributed by atoms with Gasteiger partial charge in [0.2, 0.25) is 5.88 Å². The summed E-state index contributed by atoms with van der Waals surface area (Å²) in [5.41, 5.74) is 1.87. The average Bonchev–Trinajstić information content (AvgIpc) is 2.95. The van der Waals surface area contributed by atoms with Crippen molar-refractivity contribution in [3.63, 3.8) is 0 Å². The molecule has 0 aliphatic carbocycles. The van der Waals surface area contributed by atoms with E-state index in [-0.39, 0.29) is 18.1 Å². The summed E-state index contributed by atoms with van der Waals surface area (Å²) < 4.78 is 44.6. The van der Waals surface area contributed by atoms with Crippen molar-refractivity contribution in [3.8, 4) is 5.88 Å². The standard InChI is InChI=1S/C29H32F3N5O2/c30-29(31,32)23-1-3-25(4-2-23)37-17-10-26(11-18-37)39-27-19-22(7-14-34-27)28(38)35-24-8-15-36(16-9-24)20-21-5-12-33-13-6-21/h1-7,12-14,19,24,26H,8-11,15-18,20H2,(H,35,38). The Kier molecular flexibility index (Phi) is 8.30. The maximum Gasteiger partial charge on any atom is 0.416 e. The number of aromatic nitrogens is 2. The minimum Gasteiger partial charge on any atom is -0.474 e. The van der Waals surface area contributed by atoms with Gasteiger partial charge in [-0.15, -0.1) is 0 Å². The fourth-order valence-electron chi connectivity index (χ4n) is 5.13. The molecule has 0 bridgehead atoms. The number of ether oxygens (including phenoxy) is 1. The third kappa shape index (κ3) is 7.26. The summed E-state index contributed by atoms with van der Waals surface area (Å²) in [5.74, 6) is 0.273. The van der Waals surface area contributed by atoms with E-state index >= 15 is 0 Å². The van der Waals surface area contributed by atoms with Gasteiger partial charge in [-0.25, -0.2) is 4.98 Å². The highest BCUT2D eigenvalue weighted by molar-refractivity contribution is 5.94. The van der Waals surface area contributed by atoms with E-state index < -0.39 is 11.7 Å². The van der Waals surface area contributed by atoms with Crippen LogP contribution in [0.3, 0.4) is 0 Å². The van der Waals surface area contributed by atoms with Gasteiger partial charge in [0.1, 0.15) is 6.10 Å². The van der Waals surface area contributed by atoms with Gasteiger partial charge in [0.15, 0.2) is 0 Å². The predicted octanol–water partition coefficient (Wildman–Crippen LogP) is 4.94. The molecule has 1 N–H and O–H groups in total. The van der Waals surface area contributed by atoms with Crippen LogP contribution in [0.25, 0.3) is 0 Å². The molecule has 2 aliphatic heterocycles. The van der Waals surface area contributed by atoms with Crippen molar-refractivity contribution in [1.29, 1.82) is 0 Å². The van der Waals surface area contributed by atoms with Crippen LogP contribution in [0.1, 0.15) is 47.2 Å². The van der Waals surface area contributed by atoms with E-state index in [2.05, 4.69) is 25.1 Å². The first-order valence-corrected chi connectivity index (χ1v) is 13.3. The Morgan fingerprint density at radius 2 is 1.62 bits per heavy atom. The molecule has 0 unspecified atom stereocenters. The van der Waals surface area contributed by atoms with E-state index in [1.54, 1.807) is 30.7 Å². The molecule has 7 nitrogen and oxygen atoms in total. The number of amides is 1. The van der Waals surface area contributed by atoms with Gasteiger partial charge in [-0.2, -0.15) is 13.2 Å². The van der Waals surface area contributed by atoms with Gasteiger partial charge >= 0.3 is 6.18 Å². The number of pyridine rings is 2. The number of nitrogens with zero attached hydrogens (tertiary/aromatic N) is 4. The molecule has 39 heavy (non-hydrogen) atoms. The number of hydrogen-bond acceptors (Lipinski definition) is 6. The van der Waals surface area contributed by atoms with Crippen LogP contribution in [0.2, 0.25) is 0 Å². The molecular formula is C29H32F3N5O2. The molecule has 1 aromatic carbocycles. The van der Waals surface area contributed by atoms with E-state index in [9.17, 15) is 18.0 Å². The fraction of sp³-hybridized carbons (Fsp3) is 0.414. The Balaban J connectivity index is 1.08. The first kappa shape index (κ1) is 26.9. The summed E-state index contributed by atoms with van der Waals surface area (Å²) in [6.07, 6.45) is 3.98. The Bertz CT molecular complexity index is 1220. The molecule has 206 valence electrons. The number of carbonyl (C=O) groups is 1. The number of halogens is 3. The van der Waals surface area contributed by atoms with Crippen LogP contribution in [-0.2, 0) is 12.7 Å². The molecule has 4 heterocycles. The summed E-state index contributed by atoms with van der Waals surface area (Å²) in [5, 5.41) is 3.15. The number of alkyl halides is 3. The zero-order chi connectivity index (χ0) is 27.2. The summed E-state index contributed by atoms with van der Waals surface area (Å²) in [7, 11) is 0. The van der Waals surface area contributed by atoms with Crippen LogP contribution in [-0.4, -0.2) is 59.1 Å². The minimum atomic E-state index is -4.34. The van der Waals surface area contributed by atoms with Crippen LogP contribution in [0.4, 0.5) is 18.9 Å². The fourth-order valence-corrected chi connectivity index (χ4v) is 5.13. The lowest BCUT2D eigenvalue weighted by Gasteiger charge is -2.33. The first-order valence-electron chi connectivity index (χ1n) is 13.3. The molecule has 0 atom stereocenters. The molecule has 2 aliphatic rings. The van der Waals surface area contributed by atoms with Gasteiger partial charge in [0, 0.05) is 87.5 Å². The SMILES string of the molecule is O=C(NC1CCN(Cc2ccncc2)CC1)c1ccnc(OC2CCN(c3ccc(C(F)(F)F)cc3)CC2)c1. The summed E-state index contributed by atoms with van der Waals surface area (Å²) in [6.45, 7) is 4.05. The summed E-state index contributed by atoms with van der Waals surface area (Å²) >= 11 is 0. The van der Waals surface area contributed by atoms with Crippen LogP contribution in [0.5, 0.6) is 5.88 Å². The smallest absolute Gasteiger partial charge is 0.416 e. The van der Waals surface area contributed by atoms with Gasteiger partial charge in [-0.1, -0.05) is 0 Å². The van der Waals surface area contributed by atoms with Crippen molar-refractivity contribution >= 4 is 11.6 Å². The summed E-state index contributed by atoms with van der Waals surface area (Å²) in [4.78, 5) is 25.7. The Morgan fingerprint density at radius 3 is 2.28 bits per heavy atom. The quantitative estimate of drug-likeness (QED) is 0.459. The minimum absolute atomic E-state index is 0.0776. The Hall–Kier alpha value is -3.66. The monoisotopic (exact) mass is 539 g/mol. The molecule has 0 radical (unpaired) electrons. The van der Waals surface area contributed by atoms with Gasteiger partial charge in [-0.3, -0.25) is 14.7 Å². The second kappa shape index (κ2) is 12.0. The highest BCUT2D eigenvalue weighted by atomic mass is 19.4. The zero-order valence-corrected chi connectivity index (χ0v) is 21.6. The topological polar surface area (TPSA) is 70.6 Å². The maximum absolute atomic E-state index is 12.9. The molecular weight excluding hydrogens is 507 g/mol. The third-order valence-electron chi connectivity index (χ3n) is 7.36. The van der Waals surface area contributed by atoms with Crippen molar-refractivity contribution in [2.75, 3.05) is 31.1 Å². The number of likely N-dealkylation sites (tertiary alicyclic amines) is 1. The molecule has 2 fully saturated rings. The molecule has 5 rings (SSSR count). The van der Waals surface area contributed by atoms with Crippen LogP contribution >= 0.6 is 0 Å². The molecule has 2 aromatic heterocycles. The van der Waals surface area contributed by atoms with Gasteiger partial charge in [-0.05, 0) is 60.9 Å². The molecule has 3 aromatic rings. The van der Waals surface area contributed by atoms with Crippen molar-refractivity contribution in [2.45, 2.75) is 50.6 Å². The number of piperidine rings is 2. The van der Waals surface area contributed by atoms with Crippen LogP contribution in [0, 0.1) is 0 Å². The zero-order valence-electron chi connectivity index (χ0n) is 21.6. The van der Waals surface area contributed by atoms with E-state index in [1.807, 2.05) is 12.1 Å². The number of carbonyl (C=O) groups excluding carboxylic acids is 1. The van der Waals surface area contributed by atoms with Crippen molar-refractivity contribution in [3.05, 3.63) is 83.8 Å². The number of benzene rings is 1. The second-order valence-corrected chi connectivity index (χ2v) is 10.1. The molecule has 1 amide bonds. The van der Waals surface area contributed by atoms with E-state index in [0.717, 1.165) is 50.3 Å². The number of hydrogen-bond donors (Lipinski definition) is 1. The number of nitrogens with one attached hydrogen (secondary N) is 1. The van der Waals surface area contributed by atoms with E-state index in [1.165, 1.54) is 17.7 Å². The maximum atomic E-state index is 12.9. The van der Waals surface area contributed by atoms with Crippen LogP contribution < -0.4 is 15.0 Å². The average molecular weight is 540 g/mol. The highest BCUT2D eigenvalue weighted by Gasteiger charge is 2.30. The first-order chi connectivity index (χ1) is 18.8. The Labute approximate surface area is 226 Å². The molecule has 0 spiro atoms. The van der Waals surface area contributed by atoms with Gasteiger partial charge in [0.25, 0.3) is 5.91 Å². The summed E-state index contributed by atoms with van der Waals surface area (Å²) in [6, 6.07) is 12.8. The molecule has 10 heteroatoms. The molecule has 2 saturated heterocycles. The molecule has 0 saturated carbocycles. The largest absolute Gasteiger partial charge is 0.474 e. The number of anilines is 1. The normalized spacial score (nSPS) is 17.7. The predicted molar refractivity (Wildman–Crippen MR) is 142 cm³/mol. The number of rotatable bonds is 7. The third-order valence-corrected chi connectivity index (χ3v) is 7.36. The van der Waals surface area contributed by atoms with Crippen molar-refractivity contribution in [1.82, 2.24) is 20.2 Å². The van der Waals surface area contributed by atoms with E-state index in [0.29, 0.717) is 37.4 Å². The van der Waals surface area contributed by atoms with Gasteiger partial charge < -0.3 is 15.0 Å². The van der Waals surface area contributed by atoms with Crippen molar-refractivity contribution in [2.24, 2.45) is 0 Å². The lowest BCUT2D eigenvalue weighted by molar-refractivity contribution is -0.137.